The van der Waals surface area contributed by atoms with Crippen molar-refractivity contribution in [3.63, 3.8) is 0 Å². The van der Waals surface area contributed by atoms with E-state index in [9.17, 15) is 0 Å². The molecule has 0 amide bonds. The normalized spacial score (nSPS) is 10.6. The predicted octanol–water partition coefficient (Wildman–Crippen LogP) is 4.23. The first-order chi connectivity index (χ1) is 9.28. The molecule has 1 N–H and O–H groups in total. The van der Waals surface area contributed by atoms with E-state index in [0.29, 0.717) is 0 Å². The summed E-state index contributed by atoms with van der Waals surface area (Å²) >= 11 is 5.86. The third-order valence-corrected chi connectivity index (χ3v) is 3.52. The minimum atomic E-state index is 0.799. The second-order valence-electron chi connectivity index (χ2n) is 4.72. The minimum Gasteiger partial charge on any atom is -0.312 e. The summed E-state index contributed by atoms with van der Waals surface area (Å²) in [6.07, 6.45) is 2.13. The first kappa shape index (κ1) is 14.1. The molecule has 2 aromatic rings. The first-order valence-electron chi connectivity index (χ1n) is 6.81. The molecule has 2 rings (SSSR count). The quantitative estimate of drug-likeness (QED) is 0.777. The van der Waals surface area contributed by atoms with E-state index in [4.69, 9.17) is 11.6 Å². The van der Waals surface area contributed by atoms with Crippen LogP contribution in [0.15, 0.2) is 48.5 Å². The van der Waals surface area contributed by atoms with Crippen LogP contribution in [0.4, 0.5) is 0 Å². The number of rotatable bonds is 6. The van der Waals surface area contributed by atoms with Crippen molar-refractivity contribution in [3.8, 4) is 0 Å². The molecule has 0 aliphatic heterocycles. The molecule has 0 spiro atoms. The van der Waals surface area contributed by atoms with Gasteiger partial charge < -0.3 is 5.32 Å². The molecule has 0 fully saturated rings. The van der Waals surface area contributed by atoms with Gasteiger partial charge in [-0.1, -0.05) is 54.9 Å². The van der Waals surface area contributed by atoms with Gasteiger partial charge in [-0.2, -0.15) is 0 Å². The molecule has 0 atom stereocenters. The van der Waals surface area contributed by atoms with Gasteiger partial charge >= 0.3 is 0 Å². The molecule has 100 valence electrons. The van der Waals surface area contributed by atoms with Gasteiger partial charge in [-0.25, -0.2) is 0 Å². The third kappa shape index (κ3) is 4.70. The van der Waals surface area contributed by atoms with E-state index in [0.717, 1.165) is 31.0 Å². The maximum atomic E-state index is 5.86. The smallest absolute Gasteiger partial charge is 0.0406 e. The molecule has 0 radical (unpaired) electrons. The third-order valence-electron chi connectivity index (χ3n) is 3.26. The number of halogens is 1. The molecule has 2 heteroatoms. The van der Waals surface area contributed by atoms with Crippen LogP contribution < -0.4 is 5.32 Å². The van der Waals surface area contributed by atoms with Gasteiger partial charge in [0, 0.05) is 11.6 Å². The van der Waals surface area contributed by atoms with Gasteiger partial charge in [0.15, 0.2) is 0 Å². The molecular formula is C17H20ClN. The van der Waals surface area contributed by atoms with E-state index in [2.05, 4.69) is 48.6 Å². The van der Waals surface area contributed by atoms with Crippen molar-refractivity contribution in [2.75, 3.05) is 6.54 Å². The highest BCUT2D eigenvalue weighted by atomic mass is 35.5. The van der Waals surface area contributed by atoms with Crippen molar-refractivity contribution in [2.24, 2.45) is 0 Å². The predicted molar refractivity (Wildman–Crippen MR) is 82.7 cm³/mol. The number of hydrogen-bond donors (Lipinski definition) is 1. The Labute approximate surface area is 120 Å². The SMILES string of the molecule is CCc1ccc(CNCCc2ccc(Cl)cc2)cc1. The van der Waals surface area contributed by atoms with Gasteiger partial charge in [0.05, 0.1) is 0 Å². The summed E-state index contributed by atoms with van der Waals surface area (Å²) in [5, 5.41) is 4.27. The fraction of sp³-hybridized carbons (Fsp3) is 0.294. The van der Waals surface area contributed by atoms with E-state index in [1.165, 1.54) is 16.7 Å². The average Bonchev–Trinajstić information content (AvgIpc) is 2.46. The van der Waals surface area contributed by atoms with Crippen LogP contribution in [0.1, 0.15) is 23.6 Å². The largest absolute Gasteiger partial charge is 0.312 e. The molecule has 1 nitrogen and oxygen atoms in total. The summed E-state index contributed by atoms with van der Waals surface area (Å²) in [5.41, 5.74) is 4.05. The van der Waals surface area contributed by atoms with E-state index < -0.39 is 0 Å². The molecule has 0 unspecified atom stereocenters. The van der Waals surface area contributed by atoms with Gasteiger partial charge in [-0.15, -0.1) is 0 Å². The number of benzene rings is 2. The summed E-state index contributed by atoms with van der Waals surface area (Å²) in [5.74, 6) is 0. The topological polar surface area (TPSA) is 12.0 Å². The molecule has 2 aromatic carbocycles. The zero-order chi connectivity index (χ0) is 13.5. The lowest BCUT2D eigenvalue weighted by molar-refractivity contribution is 0.687. The summed E-state index contributed by atoms with van der Waals surface area (Å²) in [7, 11) is 0. The number of aryl methyl sites for hydroxylation is 1. The van der Waals surface area contributed by atoms with Crippen LogP contribution in [0.5, 0.6) is 0 Å². The Hall–Kier alpha value is -1.31. The monoisotopic (exact) mass is 273 g/mol. The fourth-order valence-electron chi connectivity index (χ4n) is 2.01. The van der Waals surface area contributed by atoms with Crippen LogP contribution >= 0.6 is 11.6 Å². The second-order valence-corrected chi connectivity index (χ2v) is 5.16. The van der Waals surface area contributed by atoms with Crippen molar-refractivity contribution in [3.05, 3.63) is 70.2 Å². The average molecular weight is 274 g/mol. The highest BCUT2D eigenvalue weighted by Crippen LogP contribution is 2.09. The highest BCUT2D eigenvalue weighted by Gasteiger charge is 1.95. The molecule has 0 aliphatic rings. The van der Waals surface area contributed by atoms with Crippen molar-refractivity contribution in [1.29, 1.82) is 0 Å². The van der Waals surface area contributed by atoms with Gasteiger partial charge in [0.2, 0.25) is 0 Å². The summed E-state index contributed by atoms with van der Waals surface area (Å²) in [6.45, 7) is 4.09. The van der Waals surface area contributed by atoms with Crippen LogP contribution in [-0.2, 0) is 19.4 Å². The maximum absolute atomic E-state index is 5.86. The fourth-order valence-corrected chi connectivity index (χ4v) is 2.14. The molecule has 0 aromatic heterocycles. The molecule has 0 saturated heterocycles. The number of hydrogen-bond acceptors (Lipinski definition) is 1. The Morgan fingerprint density at radius 3 is 2.05 bits per heavy atom. The standard InChI is InChI=1S/C17H20ClN/c1-2-14-3-5-16(6-4-14)13-19-12-11-15-7-9-17(18)10-8-15/h3-10,19H,2,11-13H2,1H3. The number of nitrogens with one attached hydrogen (secondary N) is 1. The van der Waals surface area contributed by atoms with Crippen molar-refractivity contribution in [1.82, 2.24) is 5.32 Å². The van der Waals surface area contributed by atoms with Crippen LogP contribution in [-0.4, -0.2) is 6.54 Å². The Morgan fingerprint density at radius 1 is 0.842 bits per heavy atom. The molecule has 0 bridgehead atoms. The zero-order valence-electron chi connectivity index (χ0n) is 11.3. The summed E-state index contributed by atoms with van der Waals surface area (Å²) in [6, 6.07) is 16.9. The van der Waals surface area contributed by atoms with Crippen molar-refractivity contribution in [2.45, 2.75) is 26.3 Å². The molecule has 19 heavy (non-hydrogen) atoms. The minimum absolute atomic E-state index is 0.799. The van der Waals surface area contributed by atoms with Gasteiger partial charge in [0.25, 0.3) is 0 Å². The lowest BCUT2D eigenvalue weighted by Gasteiger charge is -2.06. The van der Waals surface area contributed by atoms with Crippen LogP contribution in [0.2, 0.25) is 5.02 Å². The molecule has 0 heterocycles. The van der Waals surface area contributed by atoms with Crippen LogP contribution in [0.3, 0.4) is 0 Å². The van der Waals surface area contributed by atoms with Gasteiger partial charge in [-0.3, -0.25) is 0 Å². The van der Waals surface area contributed by atoms with Crippen molar-refractivity contribution < 1.29 is 0 Å². The van der Waals surface area contributed by atoms with E-state index >= 15 is 0 Å². The van der Waals surface area contributed by atoms with Crippen molar-refractivity contribution >= 4 is 11.6 Å². The Kier molecular flexibility index (Phi) is 5.44. The second kappa shape index (κ2) is 7.32. The van der Waals surface area contributed by atoms with E-state index in [1.807, 2.05) is 12.1 Å². The highest BCUT2D eigenvalue weighted by molar-refractivity contribution is 6.30. The lowest BCUT2D eigenvalue weighted by Crippen LogP contribution is -2.16. The maximum Gasteiger partial charge on any atom is 0.0406 e. The molecule has 0 saturated carbocycles. The van der Waals surface area contributed by atoms with E-state index in [1.54, 1.807) is 0 Å². The van der Waals surface area contributed by atoms with Gasteiger partial charge in [0.1, 0.15) is 0 Å². The molecular weight excluding hydrogens is 254 g/mol. The summed E-state index contributed by atoms with van der Waals surface area (Å²) in [4.78, 5) is 0. The summed E-state index contributed by atoms with van der Waals surface area (Å²) < 4.78 is 0. The Morgan fingerprint density at radius 2 is 1.42 bits per heavy atom. The Bertz CT molecular complexity index is 488. The lowest BCUT2D eigenvalue weighted by atomic mass is 10.1. The van der Waals surface area contributed by atoms with Crippen LogP contribution in [0, 0.1) is 0 Å². The Balaban J connectivity index is 1.72. The van der Waals surface area contributed by atoms with Gasteiger partial charge in [-0.05, 0) is 48.2 Å². The van der Waals surface area contributed by atoms with E-state index in [-0.39, 0.29) is 0 Å². The molecule has 0 aliphatic carbocycles. The van der Waals surface area contributed by atoms with Crippen LogP contribution in [0.25, 0.3) is 0 Å². The zero-order valence-corrected chi connectivity index (χ0v) is 12.1. The first-order valence-corrected chi connectivity index (χ1v) is 7.18.